The molecule has 5 rings (SSSR count). The Morgan fingerprint density at radius 1 is 1.11 bits per heavy atom. The highest BCUT2D eigenvalue weighted by Crippen LogP contribution is 2.46. The number of hydrogen-bond donors (Lipinski definition) is 2. The first-order chi connectivity index (χ1) is 16.7. The molecule has 0 saturated heterocycles. The summed E-state index contributed by atoms with van der Waals surface area (Å²) >= 11 is 2.58. The number of alkyl halides is 3. The van der Waals surface area contributed by atoms with Gasteiger partial charge >= 0.3 is 6.18 Å². The van der Waals surface area contributed by atoms with Gasteiger partial charge in [0.25, 0.3) is 5.91 Å². The van der Waals surface area contributed by atoms with Gasteiger partial charge in [0.15, 0.2) is 5.13 Å². The number of aryl methyl sites for hydroxylation is 1. The topological polar surface area (TPSA) is 84.0 Å². The molecule has 0 atom stereocenters. The maximum absolute atomic E-state index is 13.3. The van der Waals surface area contributed by atoms with Crippen LogP contribution in [-0.2, 0) is 16.4 Å². The van der Waals surface area contributed by atoms with E-state index in [2.05, 4.69) is 20.6 Å². The molecule has 2 N–H and O–H groups in total. The van der Waals surface area contributed by atoms with E-state index in [9.17, 15) is 22.8 Å². The van der Waals surface area contributed by atoms with Crippen molar-refractivity contribution in [3.63, 3.8) is 0 Å². The molecule has 0 spiro atoms. The second-order valence-electron chi connectivity index (χ2n) is 8.46. The molecule has 0 bridgehead atoms. The lowest BCUT2D eigenvalue weighted by molar-refractivity contribution is -0.138. The van der Waals surface area contributed by atoms with Crippen LogP contribution in [0.25, 0.3) is 10.2 Å². The number of rotatable bonds is 5. The zero-order chi connectivity index (χ0) is 24.8. The van der Waals surface area contributed by atoms with E-state index in [0.717, 1.165) is 28.8 Å². The Morgan fingerprint density at radius 3 is 2.57 bits per heavy atom. The van der Waals surface area contributed by atoms with Crippen LogP contribution in [0.5, 0.6) is 0 Å². The number of halogens is 3. The van der Waals surface area contributed by atoms with Crippen LogP contribution in [0.3, 0.4) is 0 Å². The lowest BCUT2D eigenvalue weighted by Gasteiger charge is -2.41. The second-order valence-corrected chi connectivity index (χ2v) is 10.2. The third-order valence-electron chi connectivity index (χ3n) is 6.21. The standard InChI is InChI=1S/C24H19F3N4O2S2/c1-13-8-16(10-18-19(13)30-22(35-18)31-20(32)17-11-34-12-28-17)29-21(33)23(6-3-7-23)14-4-2-5-15(9-14)24(25,26)27/h2,4-5,8-12H,3,6-7H2,1H3,(H,29,33)(H,30,31,32). The predicted molar refractivity (Wildman–Crippen MR) is 130 cm³/mol. The third-order valence-corrected chi connectivity index (χ3v) is 7.72. The van der Waals surface area contributed by atoms with Crippen molar-refractivity contribution in [2.75, 3.05) is 10.6 Å². The average molecular weight is 517 g/mol. The number of nitrogens with zero attached hydrogens (tertiary/aromatic N) is 2. The highest BCUT2D eigenvalue weighted by Gasteiger charge is 2.46. The molecule has 1 aliphatic rings. The summed E-state index contributed by atoms with van der Waals surface area (Å²) < 4.78 is 40.5. The fraction of sp³-hybridized carbons (Fsp3) is 0.250. The normalized spacial score (nSPS) is 15.0. The van der Waals surface area contributed by atoms with E-state index < -0.39 is 17.2 Å². The molecule has 11 heteroatoms. The van der Waals surface area contributed by atoms with Gasteiger partial charge in [-0.15, -0.1) is 11.3 Å². The van der Waals surface area contributed by atoms with Crippen molar-refractivity contribution in [2.24, 2.45) is 0 Å². The number of benzene rings is 2. The Hall–Kier alpha value is -3.31. The number of anilines is 2. The van der Waals surface area contributed by atoms with Gasteiger partial charge in [0, 0.05) is 11.1 Å². The maximum atomic E-state index is 13.3. The summed E-state index contributed by atoms with van der Waals surface area (Å²) in [6.07, 6.45) is -2.75. The van der Waals surface area contributed by atoms with E-state index in [0.29, 0.717) is 40.4 Å². The molecule has 0 radical (unpaired) electrons. The Balaban J connectivity index is 1.40. The van der Waals surface area contributed by atoms with Gasteiger partial charge in [0.05, 0.1) is 26.7 Å². The van der Waals surface area contributed by atoms with Crippen molar-refractivity contribution in [1.29, 1.82) is 0 Å². The fourth-order valence-corrected chi connectivity index (χ4v) is 5.74. The van der Waals surface area contributed by atoms with E-state index in [1.54, 1.807) is 29.1 Å². The SMILES string of the molecule is Cc1cc(NC(=O)C2(c3cccc(C(F)(F)F)c3)CCC2)cc2sc(NC(=O)c3cscn3)nc12. The molecule has 0 aliphatic heterocycles. The Kier molecular flexibility index (Phi) is 5.84. The molecular formula is C24H19F3N4O2S2. The summed E-state index contributed by atoms with van der Waals surface area (Å²) in [5.41, 5.74) is 2.51. The molecule has 1 aliphatic carbocycles. The average Bonchev–Trinajstić information content (AvgIpc) is 3.43. The van der Waals surface area contributed by atoms with Crippen molar-refractivity contribution in [1.82, 2.24) is 9.97 Å². The third kappa shape index (κ3) is 4.41. The van der Waals surface area contributed by atoms with Crippen LogP contribution in [0.2, 0.25) is 0 Å². The predicted octanol–water partition coefficient (Wildman–Crippen LogP) is 6.39. The molecule has 2 aromatic carbocycles. The minimum absolute atomic E-state index is 0.305. The molecule has 6 nitrogen and oxygen atoms in total. The largest absolute Gasteiger partial charge is 0.416 e. The van der Waals surface area contributed by atoms with E-state index in [1.807, 2.05) is 6.92 Å². The first-order valence-electron chi connectivity index (χ1n) is 10.8. The number of nitrogens with one attached hydrogen (secondary N) is 2. The number of thiazole rings is 2. The summed E-state index contributed by atoms with van der Waals surface area (Å²) in [6, 6.07) is 8.55. The lowest BCUT2D eigenvalue weighted by Crippen LogP contribution is -2.46. The number of amides is 2. The van der Waals surface area contributed by atoms with E-state index in [4.69, 9.17) is 0 Å². The highest BCUT2D eigenvalue weighted by atomic mass is 32.1. The van der Waals surface area contributed by atoms with Crippen LogP contribution < -0.4 is 10.6 Å². The molecule has 1 fully saturated rings. The lowest BCUT2D eigenvalue weighted by atomic mass is 9.63. The molecule has 35 heavy (non-hydrogen) atoms. The van der Waals surface area contributed by atoms with Gasteiger partial charge < -0.3 is 5.32 Å². The minimum Gasteiger partial charge on any atom is -0.325 e. The molecule has 1 saturated carbocycles. The van der Waals surface area contributed by atoms with Gasteiger partial charge in [-0.05, 0) is 49.1 Å². The summed E-state index contributed by atoms with van der Waals surface area (Å²) in [5, 5.41) is 7.69. The monoisotopic (exact) mass is 516 g/mol. The summed E-state index contributed by atoms with van der Waals surface area (Å²) in [7, 11) is 0. The van der Waals surface area contributed by atoms with Crippen molar-refractivity contribution >= 4 is 55.5 Å². The smallest absolute Gasteiger partial charge is 0.325 e. The summed E-state index contributed by atoms with van der Waals surface area (Å²) in [6.45, 7) is 1.84. The summed E-state index contributed by atoms with van der Waals surface area (Å²) in [5.74, 6) is -0.687. The van der Waals surface area contributed by atoms with Crippen molar-refractivity contribution < 1.29 is 22.8 Å². The Bertz CT molecular complexity index is 1430. The van der Waals surface area contributed by atoms with E-state index in [-0.39, 0.29) is 11.8 Å². The van der Waals surface area contributed by atoms with Crippen LogP contribution in [0.15, 0.2) is 47.3 Å². The van der Waals surface area contributed by atoms with Crippen LogP contribution >= 0.6 is 22.7 Å². The summed E-state index contributed by atoms with van der Waals surface area (Å²) in [4.78, 5) is 34.1. The number of hydrogen-bond acceptors (Lipinski definition) is 6. The van der Waals surface area contributed by atoms with E-state index >= 15 is 0 Å². The van der Waals surface area contributed by atoms with Crippen molar-refractivity contribution in [3.8, 4) is 0 Å². The Labute approximate surface area is 206 Å². The van der Waals surface area contributed by atoms with Crippen LogP contribution in [-0.4, -0.2) is 21.8 Å². The van der Waals surface area contributed by atoms with Gasteiger partial charge in [-0.3, -0.25) is 14.9 Å². The van der Waals surface area contributed by atoms with Gasteiger partial charge in [-0.2, -0.15) is 13.2 Å². The number of carbonyl (C=O) groups excluding carboxylic acids is 2. The molecule has 2 heterocycles. The van der Waals surface area contributed by atoms with Crippen LogP contribution in [0.1, 0.15) is 46.4 Å². The first-order valence-corrected chi connectivity index (χ1v) is 12.5. The van der Waals surface area contributed by atoms with E-state index in [1.165, 1.54) is 28.7 Å². The molecule has 4 aromatic rings. The number of aromatic nitrogens is 2. The van der Waals surface area contributed by atoms with Gasteiger partial charge in [0.2, 0.25) is 5.91 Å². The quantitative estimate of drug-likeness (QED) is 0.322. The van der Waals surface area contributed by atoms with Gasteiger partial charge in [-0.25, -0.2) is 9.97 Å². The zero-order valence-electron chi connectivity index (χ0n) is 18.4. The molecule has 2 amide bonds. The number of fused-ring (bicyclic) bond motifs is 1. The first kappa shape index (κ1) is 23.4. The fourth-order valence-electron chi connectivity index (χ4n) is 4.23. The Morgan fingerprint density at radius 2 is 1.91 bits per heavy atom. The molecule has 180 valence electrons. The van der Waals surface area contributed by atoms with Gasteiger partial charge in [-0.1, -0.05) is 36.0 Å². The maximum Gasteiger partial charge on any atom is 0.416 e. The highest BCUT2D eigenvalue weighted by molar-refractivity contribution is 7.22. The molecular weight excluding hydrogens is 497 g/mol. The van der Waals surface area contributed by atoms with Gasteiger partial charge in [0.1, 0.15) is 5.69 Å². The molecule has 0 unspecified atom stereocenters. The van der Waals surface area contributed by atoms with Crippen molar-refractivity contribution in [3.05, 3.63) is 69.7 Å². The number of carbonyl (C=O) groups is 2. The second kappa shape index (κ2) is 8.72. The molecule has 2 aromatic heterocycles. The van der Waals surface area contributed by atoms with Crippen molar-refractivity contribution in [2.45, 2.75) is 37.8 Å². The minimum atomic E-state index is -4.47. The van der Waals surface area contributed by atoms with Crippen LogP contribution in [0.4, 0.5) is 24.0 Å². The zero-order valence-corrected chi connectivity index (χ0v) is 20.0. The van der Waals surface area contributed by atoms with Crippen LogP contribution in [0, 0.1) is 6.92 Å².